The lowest BCUT2D eigenvalue weighted by Crippen LogP contribution is -2.47. The zero-order valence-electron chi connectivity index (χ0n) is 13.6. The first-order valence-electron chi connectivity index (χ1n) is 8.10. The average Bonchev–Trinajstić information content (AvgIpc) is 2.48. The molecule has 21 heavy (non-hydrogen) atoms. The minimum absolute atomic E-state index is 0.167. The summed E-state index contributed by atoms with van der Waals surface area (Å²) in [5.41, 5.74) is 7.53. The third-order valence-corrected chi connectivity index (χ3v) is 4.66. The summed E-state index contributed by atoms with van der Waals surface area (Å²) in [7, 11) is 0. The lowest BCUT2D eigenvalue weighted by molar-refractivity contribution is -0.129. The molecule has 0 aromatic heterocycles. The largest absolute Gasteiger partial charge is 0.326 e. The second kappa shape index (κ2) is 6.61. The molecule has 2 N–H and O–H groups in total. The van der Waals surface area contributed by atoms with E-state index in [4.69, 9.17) is 5.73 Å². The number of amides is 1. The standard InChI is InChI=1S/C18H28N2O/c1-14(2)20(16-9-7-15(13-19)8-10-16)17(21)18(3)11-5-4-6-12-18/h7-10,14H,4-6,11-13,19H2,1-3H3. The first kappa shape index (κ1) is 16.0. The van der Waals surface area contributed by atoms with E-state index in [1.54, 1.807) is 0 Å². The predicted molar refractivity (Wildman–Crippen MR) is 88.1 cm³/mol. The number of hydrogen-bond acceptors (Lipinski definition) is 2. The van der Waals surface area contributed by atoms with E-state index in [0.29, 0.717) is 6.54 Å². The molecule has 2 rings (SSSR count). The molecular weight excluding hydrogens is 260 g/mol. The number of hydrogen-bond donors (Lipinski definition) is 1. The summed E-state index contributed by atoms with van der Waals surface area (Å²) in [6, 6.07) is 8.24. The van der Waals surface area contributed by atoms with E-state index in [-0.39, 0.29) is 17.4 Å². The van der Waals surface area contributed by atoms with Crippen LogP contribution in [0.4, 0.5) is 5.69 Å². The molecule has 1 aromatic carbocycles. The zero-order valence-corrected chi connectivity index (χ0v) is 13.6. The van der Waals surface area contributed by atoms with Crippen LogP contribution < -0.4 is 10.6 Å². The lowest BCUT2D eigenvalue weighted by atomic mass is 9.74. The molecule has 0 saturated heterocycles. The molecule has 0 spiro atoms. The summed E-state index contributed by atoms with van der Waals surface area (Å²) < 4.78 is 0. The Morgan fingerprint density at radius 1 is 1.19 bits per heavy atom. The third kappa shape index (κ3) is 3.46. The molecule has 3 nitrogen and oxygen atoms in total. The first-order chi connectivity index (χ1) is 9.98. The topological polar surface area (TPSA) is 46.3 Å². The Balaban J connectivity index is 2.27. The van der Waals surface area contributed by atoms with Gasteiger partial charge in [0.1, 0.15) is 0 Å². The number of nitrogens with zero attached hydrogens (tertiary/aromatic N) is 1. The molecule has 0 heterocycles. The van der Waals surface area contributed by atoms with E-state index >= 15 is 0 Å². The minimum atomic E-state index is -0.199. The Kier molecular flexibility index (Phi) is 5.04. The summed E-state index contributed by atoms with van der Waals surface area (Å²) in [4.78, 5) is 15.1. The Morgan fingerprint density at radius 2 is 1.76 bits per heavy atom. The van der Waals surface area contributed by atoms with Gasteiger partial charge in [-0.15, -0.1) is 0 Å². The highest BCUT2D eigenvalue weighted by molar-refractivity contribution is 5.97. The van der Waals surface area contributed by atoms with Gasteiger partial charge in [0.2, 0.25) is 5.91 Å². The Bertz CT molecular complexity index is 472. The molecule has 0 bridgehead atoms. The number of anilines is 1. The molecule has 1 amide bonds. The summed E-state index contributed by atoms with van der Waals surface area (Å²) in [6.45, 7) is 6.84. The minimum Gasteiger partial charge on any atom is -0.326 e. The van der Waals surface area contributed by atoms with E-state index in [9.17, 15) is 4.79 Å². The Labute approximate surface area is 128 Å². The number of nitrogens with two attached hydrogens (primary N) is 1. The van der Waals surface area contributed by atoms with Gasteiger partial charge in [-0.3, -0.25) is 4.79 Å². The predicted octanol–water partition coefficient (Wildman–Crippen LogP) is 3.86. The maximum atomic E-state index is 13.1. The Morgan fingerprint density at radius 3 is 2.24 bits per heavy atom. The van der Waals surface area contributed by atoms with Crippen LogP contribution in [0.2, 0.25) is 0 Å². The van der Waals surface area contributed by atoms with Crippen molar-refractivity contribution in [3.63, 3.8) is 0 Å². The van der Waals surface area contributed by atoms with Crippen molar-refractivity contribution < 1.29 is 4.79 Å². The van der Waals surface area contributed by atoms with Crippen molar-refractivity contribution >= 4 is 11.6 Å². The second-order valence-corrected chi connectivity index (χ2v) is 6.76. The van der Waals surface area contributed by atoms with Crippen LogP contribution in [0.25, 0.3) is 0 Å². The second-order valence-electron chi connectivity index (χ2n) is 6.76. The van der Waals surface area contributed by atoms with Crippen molar-refractivity contribution in [3.05, 3.63) is 29.8 Å². The fourth-order valence-corrected chi connectivity index (χ4v) is 3.28. The van der Waals surface area contributed by atoms with Crippen LogP contribution in [-0.4, -0.2) is 11.9 Å². The van der Waals surface area contributed by atoms with Crippen LogP contribution in [0.1, 0.15) is 58.4 Å². The molecule has 0 atom stereocenters. The van der Waals surface area contributed by atoms with Crippen molar-refractivity contribution in [3.8, 4) is 0 Å². The van der Waals surface area contributed by atoms with Crippen molar-refractivity contribution in [1.82, 2.24) is 0 Å². The third-order valence-electron chi connectivity index (χ3n) is 4.66. The fourth-order valence-electron chi connectivity index (χ4n) is 3.28. The molecule has 1 fully saturated rings. The summed E-state index contributed by atoms with van der Waals surface area (Å²) >= 11 is 0. The van der Waals surface area contributed by atoms with Gasteiger partial charge >= 0.3 is 0 Å². The maximum Gasteiger partial charge on any atom is 0.233 e. The quantitative estimate of drug-likeness (QED) is 0.914. The van der Waals surface area contributed by atoms with Crippen LogP contribution in [0.15, 0.2) is 24.3 Å². The Hall–Kier alpha value is -1.35. The normalized spacial score (nSPS) is 17.8. The number of carbonyl (C=O) groups excluding carboxylic acids is 1. The molecule has 1 aliphatic carbocycles. The molecule has 116 valence electrons. The lowest BCUT2D eigenvalue weighted by Gasteiger charge is -2.39. The van der Waals surface area contributed by atoms with Gasteiger partial charge in [0, 0.05) is 23.7 Å². The highest BCUT2D eigenvalue weighted by atomic mass is 16.2. The molecule has 1 saturated carbocycles. The summed E-state index contributed by atoms with van der Waals surface area (Å²) in [5, 5.41) is 0. The van der Waals surface area contributed by atoms with Crippen molar-refractivity contribution in [2.24, 2.45) is 11.1 Å². The molecule has 0 unspecified atom stereocenters. The fraction of sp³-hybridized carbons (Fsp3) is 0.611. The van der Waals surface area contributed by atoms with Crippen LogP contribution in [0.5, 0.6) is 0 Å². The van der Waals surface area contributed by atoms with E-state index < -0.39 is 0 Å². The van der Waals surface area contributed by atoms with Crippen LogP contribution in [0, 0.1) is 5.41 Å². The van der Waals surface area contributed by atoms with Crippen LogP contribution in [0.3, 0.4) is 0 Å². The van der Waals surface area contributed by atoms with Gasteiger partial charge in [-0.25, -0.2) is 0 Å². The summed E-state index contributed by atoms with van der Waals surface area (Å²) in [6.07, 6.45) is 5.61. The van der Waals surface area contributed by atoms with Gasteiger partial charge in [0.25, 0.3) is 0 Å². The van der Waals surface area contributed by atoms with E-state index in [0.717, 1.165) is 24.1 Å². The molecule has 3 heteroatoms. The van der Waals surface area contributed by atoms with E-state index in [1.807, 2.05) is 29.2 Å². The maximum absolute atomic E-state index is 13.1. The zero-order chi connectivity index (χ0) is 15.5. The van der Waals surface area contributed by atoms with Gasteiger partial charge in [-0.05, 0) is 44.4 Å². The van der Waals surface area contributed by atoms with Crippen molar-refractivity contribution in [1.29, 1.82) is 0 Å². The van der Waals surface area contributed by atoms with Gasteiger partial charge in [-0.1, -0.05) is 38.3 Å². The van der Waals surface area contributed by atoms with Gasteiger partial charge in [0.05, 0.1) is 0 Å². The number of rotatable bonds is 4. The highest BCUT2D eigenvalue weighted by Crippen LogP contribution is 2.39. The van der Waals surface area contributed by atoms with Crippen LogP contribution >= 0.6 is 0 Å². The number of benzene rings is 1. The molecule has 0 aliphatic heterocycles. The SMILES string of the molecule is CC(C)N(C(=O)C1(C)CCCCC1)c1ccc(CN)cc1. The van der Waals surface area contributed by atoms with Gasteiger partial charge in [-0.2, -0.15) is 0 Å². The van der Waals surface area contributed by atoms with Gasteiger partial charge < -0.3 is 10.6 Å². The summed E-state index contributed by atoms with van der Waals surface area (Å²) in [5.74, 6) is 0.276. The first-order valence-corrected chi connectivity index (χ1v) is 8.10. The van der Waals surface area contributed by atoms with E-state index in [2.05, 4.69) is 20.8 Å². The van der Waals surface area contributed by atoms with Crippen LogP contribution in [-0.2, 0) is 11.3 Å². The smallest absolute Gasteiger partial charge is 0.233 e. The van der Waals surface area contributed by atoms with Crippen molar-refractivity contribution in [2.45, 2.75) is 65.5 Å². The van der Waals surface area contributed by atoms with E-state index in [1.165, 1.54) is 19.3 Å². The highest BCUT2D eigenvalue weighted by Gasteiger charge is 2.38. The number of carbonyl (C=O) groups is 1. The van der Waals surface area contributed by atoms with Crippen molar-refractivity contribution in [2.75, 3.05) is 4.90 Å². The molecule has 1 aromatic rings. The molecule has 1 aliphatic rings. The van der Waals surface area contributed by atoms with Gasteiger partial charge in [0.15, 0.2) is 0 Å². The monoisotopic (exact) mass is 288 g/mol. The molecule has 0 radical (unpaired) electrons. The molecular formula is C18H28N2O. The average molecular weight is 288 g/mol.